The van der Waals surface area contributed by atoms with E-state index in [4.69, 9.17) is 0 Å². The first kappa shape index (κ1) is 24.1. The highest BCUT2D eigenvalue weighted by molar-refractivity contribution is 7.99. The minimum atomic E-state index is -4.61. The van der Waals surface area contributed by atoms with Crippen molar-refractivity contribution >= 4 is 23.4 Å². The standard InChI is InChI=1S/C20H18F7N3OS/c1-12-8-14(21)15(9-16(12)32-11-19(22,23)24)29-4-6-30(7-5-29)18(31)13-2-3-17(28-10-13)20(25,26)27/h2-3,8-10H,4-7,11H2,1H3. The van der Waals surface area contributed by atoms with Gasteiger partial charge in [-0.3, -0.25) is 9.78 Å². The van der Waals surface area contributed by atoms with Crippen molar-refractivity contribution in [1.29, 1.82) is 0 Å². The lowest BCUT2D eigenvalue weighted by atomic mass is 10.1. The average molecular weight is 481 g/mol. The van der Waals surface area contributed by atoms with E-state index in [0.29, 0.717) is 22.2 Å². The SMILES string of the molecule is Cc1cc(F)c(N2CCN(C(=O)c3ccc(C(F)(F)F)nc3)CC2)cc1SCC(F)(F)F. The number of aryl methyl sites for hydroxylation is 1. The van der Waals surface area contributed by atoms with Crippen molar-refractivity contribution in [2.45, 2.75) is 24.2 Å². The Balaban J connectivity index is 1.67. The number of nitrogens with zero attached hydrogens (tertiary/aromatic N) is 3. The van der Waals surface area contributed by atoms with E-state index in [-0.39, 0.29) is 37.4 Å². The highest BCUT2D eigenvalue weighted by atomic mass is 32.2. The molecule has 0 radical (unpaired) electrons. The topological polar surface area (TPSA) is 36.4 Å². The Morgan fingerprint density at radius 3 is 2.25 bits per heavy atom. The van der Waals surface area contributed by atoms with Gasteiger partial charge in [0.15, 0.2) is 0 Å². The van der Waals surface area contributed by atoms with Gasteiger partial charge in [0.2, 0.25) is 0 Å². The first-order chi connectivity index (χ1) is 14.8. The predicted molar refractivity (Wildman–Crippen MR) is 105 cm³/mol. The maximum absolute atomic E-state index is 14.5. The number of piperazine rings is 1. The second-order valence-corrected chi connectivity index (χ2v) is 8.20. The van der Waals surface area contributed by atoms with Gasteiger partial charge in [-0.2, -0.15) is 26.3 Å². The molecule has 3 rings (SSSR count). The quantitative estimate of drug-likeness (QED) is 0.446. The summed E-state index contributed by atoms with van der Waals surface area (Å²) in [6.45, 7) is 2.28. The number of alkyl halides is 6. The second-order valence-electron chi connectivity index (χ2n) is 7.18. The van der Waals surface area contributed by atoms with Crippen LogP contribution in [0.3, 0.4) is 0 Å². The molecule has 1 saturated heterocycles. The molecule has 1 amide bonds. The number of rotatable bonds is 4. The van der Waals surface area contributed by atoms with E-state index in [1.807, 2.05) is 0 Å². The predicted octanol–water partition coefficient (Wildman–Crippen LogP) is 5.16. The zero-order valence-corrected chi connectivity index (χ0v) is 17.5. The molecule has 1 aromatic heterocycles. The van der Waals surface area contributed by atoms with Crippen LogP contribution in [0.25, 0.3) is 0 Å². The van der Waals surface area contributed by atoms with Gasteiger partial charge in [0.1, 0.15) is 11.5 Å². The van der Waals surface area contributed by atoms with Crippen LogP contribution in [0.1, 0.15) is 21.6 Å². The molecular formula is C20H18F7N3OS. The smallest absolute Gasteiger partial charge is 0.366 e. The van der Waals surface area contributed by atoms with Crippen molar-refractivity contribution < 1.29 is 35.5 Å². The summed E-state index contributed by atoms with van der Waals surface area (Å²) >= 11 is 0.576. The third-order valence-electron chi connectivity index (χ3n) is 4.84. The normalized spacial score (nSPS) is 15.2. The Morgan fingerprint density at radius 1 is 1.06 bits per heavy atom. The summed E-state index contributed by atoms with van der Waals surface area (Å²) in [4.78, 5) is 19.2. The van der Waals surface area contributed by atoms with Gasteiger partial charge in [0.05, 0.1) is 17.0 Å². The van der Waals surface area contributed by atoms with E-state index in [9.17, 15) is 35.5 Å². The van der Waals surface area contributed by atoms with E-state index in [1.165, 1.54) is 24.0 Å². The molecule has 4 nitrogen and oxygen atoms in total. The number of pyridine rings is 1. The number of carbonyl (C=O) groups excluding carboxylic acids is 1. The molecule has 1 aromatic carbocycles. The van der Waals surface area contributed by atoms with E-state index >= 15 is 0 Å². The molecule has 0 saturated carbocycles. The molecule has 0 aliphatic carbocycles. The fourth-order valence-electron chi connectivity index (χ4n) is 3.22. The van der Waals surface area contributed by atoms with E-state index in [1.54, 1.807) is 4.90 Å². The first-order valence-electron chi connectivity index (χ1n) is 9.42. The summed E-state index contributed by atoms with van der Waals surface area (Å²) in [5.41, 5.74) is -0.570. The summed E-state index contributed by atoms with van der Waals surface area (Å²) in [5.74, 6) is -2.18. The maximum Gasteiger partial charge on any atom is 0.433 e. The molecule has 0 atom stereocenters. The van der Waals surface area contributed by atoms with Gasteiger partial charge >= 0.3 is 12.4 Å². The number of benzene rings is 1. The molecular weight excluding hydrogens is 463 g/mol. The summed E-state index contributed by atoms with van der Waals surface area (Å²) in [7, 11) is 0. The van der Waals surface area contributed by atoms with Gasteiger partial charge in [-0.25, -0.2) is 4.39 Å². The van der Waals surface area contributed by atoms with Crippen LogP contribution in [0.4, 0.5) is 36.4 Å². The molecule has 1 fully saturated rings. The van der Waals surface area contributed by atoms with Crippen LogP contribution in [-0.2, 0) is 6.18 Å². The number of aromatic nitrogens is 1. The number of thioether (sulfide) groups is 1. The van der Waals surface area contributed by atoms with Crippen molar-refractivity contribution in [1.82, 2.24) is 9.88 Å². The molecule has 2 heterocycles. The van der Waals surface area contributed by atoms with Crippen LogP contribution in [0.15, 0.2) is 35.4 Å². The van der Waals surface area contributed by atoms with Crippen LogP contribution < -0.4 is 4.90 Å². The molecule has 1 aliphatic rings. The molecule has 1 aliphatic heterocycles. The monoisotopic (exact) mass is 481 g/mol. The Labute approximate surface area is 183 Å². The molecule has 12 heteroatoms. The van der Waals surface area contributed by atoms with Gasteiger partial charge in [-0.1, -0.05) is 0 Å². The lowest BCUT2D eigenvalue weighted by Crippen LogP contribution is -2.49. The van der Waals surface area contributed by atoms with Crippen molar-refractivity contribution in [2.75, 3.05) is 36.8 Å². The summed E-state index contributed by atoms with van der Waals surface area (Å²) in [6.07, 6.45) is -8.10. The average Bonchev–Trinajstić information content (AvgIpc) is 2.71. The van der Waals surface area contributed by atoms with Crippen molar-refractivity contribution in [3.8, 4) is 0 Å². The molecule has 0 N–H and O–H groups in total. The first-order valence-corrected chi connectivity index (χ1v) is 10.4. The van der Waals surface area contributed by atoms with Crippen LogP contribution in [0.5, 0.6) is 0 Å². The van der Waals surface area contributed by atoms with E-state index in [2.05, 4.69) is 4.98 Å². The summed E-state index contributed by atoms with van der Waals surface area (Å²) in [5, 5.41) is 0. The minimum absolute atomic E-state index is 0.00111. The fourth-order valence-corrected chi connectivity index (χ4v) is 4.02. The molecule has 0 bridgehead atoms. The van der Waals surface area contributed by atoms with Gasteiger partial charge in [-0.15, -0.1) is 11.8 Å². The second kappa shape index (κ2) is 9.16. The van der Waals surface area contributed by atoms with Crippen molar-refractivity contribution in [3.05, 3.63) is 53.1 Å². The number of hydrogen-bond acceptors (Lipinski definition) is 4. The summed E-state index contributed by atoms with van der Waals surface area (Å²) in [6, 6.07) is 4.33. The van der Waals surface area contributed by atoms with Gasteiger partial charge in [-0.05, 0) is 36.8 Å². The third kappa shape index (κ3) is 5.84. The van der Waals surface area contributed by atoms with E-state index < -0.39 is 35.5 Å². The molecule has 2 aromatic rings. The lowest BCUT2D eigenvalue weighted by Gasteiger charge is -2.36. The van der Waals surface area contributed by atoms with Crippen molar-refractivity contribution in [2.24, 2.45) is 0 Å². The molecule has 32 heavy (non-hydrogen) atoms. The number of carbonyl (C=O) groups is 1. The maximum atomic E-state index is 14.5. The zero-order chi connectivity index (χ0) is 23.7. The Bertz CT molecular complexity index is 969. The number of hydrogen-bond donors (Lipinski definition) is 0. The zero-order valence-electron chi connectivity index (χ0n) is 16.7. The van der Waals surface area contributed by atoms with Crippen LogP contribution in [-0.4, -0.2) is 53.9 Å². The number of anilines is 1. The Kier molecular flexibility index (Phi) is 6.91. The van der Waals surface area contributed by atoms with Crippen molar-refractivity contribution in [3.63, 3.8) is 0 Å². The number of amides is 1. The lowest BCUT2D eigenvalue weighted by molar-refractivity contribution is -0.141. The van der Waals surface area contributed by atoms with Crippen LogP contribution in [0, 0.1) is 12.7 Å². The largest absolute Gasteiger partial charge is 0.433 e. The molecule has 0 unspecified atom stereocenters. The van der Waals surface area contributed by atoms with Gasteiger partial charge < -0.3 is 9.80 Å². The minimum Gasteiger partial charge on any atom is -0.366 e. The van der Waals surface area contributed by atoms with Crippen LogP contribution in [0.2, 0.25) is 0 Å². The van der Waals surface area contributed by atoms with Crippen LogP contribution >= 0.6 is 11.8 Å². The fraction of sp³-hybridized carbons (Fsp3) is 0.400. The molecule has 174 valence electrons. The summed E-state index contributed by atoms with van der Waals surface area (Å²) < 4.78 is 90.0. The number of halogens is 7. The third-order valence-corrected chi connectivity index (χ3v) is 6.07. The molecule has 0 spiro atoms. The van der Waals surface area contributed by atoms with Gasteiger partial charge in [0.25, 0.3) is 5.91 Å². The Morgan fingerprint density at radius 2 is 1.72 bits per heavy atom. The van der Waals surface area contributed by atoms with Gasteiger partial charge in [0, 0.05) is 37.3 Å². The highest BCUT2D eigenvalue weighted by Crippen LogP contribution is 2.34. The highest BCUT2D eigenvalue weighted by Gasteiger charge is 2.33. The van der Waals surface area contributed by atoms with E-state index in [0.717, 1.165) is 18.3 Å². The Hall–Kier alpha value is -2.50.